The molecule has 0 aromatic heterocycles. The molecular formula is C24H24O8. The van der Waals surface area contributed by atoms with Crippen molar-refractivity contribution in [3.63, 3.8) is 0 Å². The van der Waals surface area contributed by atoms with Crippen LogP contribution in [-0.2, 0) is 51.0 Å². The Kier molecular flexibility index (Phi) is 7.59. The smallest absolute Gasteiger partial charge is 0.348 e. The van der Waals surface area contributed by atoms with Crippen molar-refractivity contribution in [1.82, 2.24) is 0 Å². The number of carbonyl (C=O) groups excluding carboxylic acids is 4. The second kappa shape index (κ2) is 10.6. The predicted octanol–water partition coefficient (Wildman–Crippen LogP) is 2.17. The van der Waals surface area contributed by atoms with E-state index in [2.05, 4.69) is 9.47 Å². The first kappa shape index (κ1) is 23.0. The number of rotatable bonds is 4. The third-order valence-corrected chi connectivity index (χ3v) is 4.82. The molecular weight excluding hydrogens is 416 g/mol. The largest absolute Gasteiger partial charge is 0.448 e. The Morgan fingerprint density at radius 1 is 0.531 bits per heavy atom. The molecule has 8 heteroatoms. The standard InChI is InChI=1S/C18H16O4.C6H8O4/c19-17-15(11-13-7-3-1-4-8-13)21-18(20)16(22-17)12-14-9-5-2-6-10-14;1-3-5(7)10-4(2)6(8)9-3/h1-10,15-16H,11-12H2;3-4H,1-2H3. The summed E-state index contributed by atoms with van der Waals surface area (Å²) in [6.07, 6.45) is -2.54. The lowest BCUT2D eigenvalue weighted by Crippen LogP contribution is -2.45. The van der Waals surface area contributed by atoms with Crippen LogP contribution in [0.4, 0.5) is 0 Å². The van der Waals surface area contributed by atoms with E-state index >= 15 is 0 Å². The van der Waals surface area contributed by atoms with Crippen LogP contribution in [0.3, 0.4) is 0 Å². The minimum Gasteiger partial charge on any atom is -0.448 e. The number of carbonyl (C=O) groups is 4. The van der Waals surface area contributed by atoms with Crippen LogP contribution >= 0.6 is 0 Å². The Morgan fingerprint density at radius 3 is 1.22 bits per heavy atom. The fraction of sp³-hybridized carbons (Fsp3) is 0.333. The molecule has 0 amide bonds. The highest BCUT2D eigenvalue weighted by atomic mass is 16.7. The molecule has 0 aliphatic carbocycles. The van der Waals surface area contributed by atoms with Crippen LogP contribution in [0, 0.1) is 0 Å². The second-order valence-corrected chi connectivity index (χ2v) is 7.39. The fourth-order valence-corrected chi connectivity index (χ4v) is 3.07. The Balaban J connectivity index is 0.000000243. The third kappa shape index (κ3) is 6.16. The van der Waals surface area contributed by atoms with Crippen LogP contribution in [0.2, 0.25) is 0 Å². The van der Waals surface area contributed by atoms with Gasteiger partial charge in [-0.15, -0.1) is 0 Å². The normalized spacial score (nSPS) is 24.8. The summed E-state index contributed by atoms with van der Waals surface area (Å²) >= 11 is 0. The summed E-state index contributed by atoms with van der Waals surface area (Å²) in [5.41, 5.74) is 1.86. The maximum absolute atomic E-state index is 12.0. The van der Waals surface area contributed by atoms with Crippen LogP contribution in [0.1, 0.15) is 25.0 Å². The van der Waals surface area contributed by atoms with Crippen LogP contribution < -0.4 is 0 Å². The van der Waals surface area contributed by atoms with E-state index < -0.39 is 48.3 Å². The highest BCUT2D eigenvalue weighted by Crippen LogP contribution is 2.18. The number of hydrogen-bond acceptors (Lipinski definition) is 8. The summed E-state index contributed by atoms with van der Waals surface area (Å²) in [4.78, 5) is 45.4. The van der Waals surface area contributed by atoms with Gasteiger partial charge in [0.2, 0.25) is 12.2 Å². The fourth-order valence-electron chi connectivity index (χ4n) is 3.07. The molecule has 0 spiro atoms. The van der Waals surface area contributed by atoms with Crippen molar-refractivity contribution in [2.24, 2.45) is 0 Å². The van der Waals surface area contributed by atoms with Crippen molar-refractivity contribution in [3.05, 3.63) is 71.8 Å². The Bertz CT molecular complexity index is 877. The maximum Gasteiger partial charge on any atom is 0.348 e. The van der Waals surface area contributed by atoms with Crippen molar-refractivity contribution in [3.8, 4) is 0 Å². The van der Waals surface area contributed by atoms with Gasteiger partial charge in [-0.1, -0.05) is 60.7 Å². The predicted molar refractivity (Wildman–Crippen MR) is 111 cm³/mol. The van der Waals surface area contributed by atoms with Gasteiger partial charge in [-0.3, -0.25) is 0 Å². The molecule has 2 aliphatic rings. The van der Waals surface area contributed by atoms with Crippen molar-refractivity contribution >= 4 is 23.9 Å². The van der Waals surface area contributed by atoms with E-state index in [1.165, 1.54) is 13.8 Å². The Labute approximate surface area is 185 Å². The molecule has 4 rings (SSSR count). The van der Waals surface area contributed by atoms with E-state index in [9.17, 15) is 19.2 Å². The third-order valence-electron chi connectivity index (χ3n) is 4.82. The summed E-state index contributed by atoms with van der Waals surface area (Å²) in [6.45, 7) is 2.96. The highest BCUT2D eigenvalue weighted by Gasteiger charge is 2.38. The molecule has 168 valence electrons. The number of hydrogen-bond donors (Lipinski definition) is 0. The SMILES string of the molecule is CC1OC(=O)C(C)OC1=O.O=C1OC(Cc2ccccc2)C(=O)OC1Cc1ccccc1. The molecule has 2 aliphatic heterocycles. The van der Waals surface area contributed by atoms with E-state index in [1.807, 2.05) is 60.7 Å². The van der Waals surface area contributed by atoms with Crippen LogP contribution in [-0.4, -0.2) is 48.3 Å². The highest BCUT2D eigenvalue weighted by molar-refractivity contribution is 5.88. The number of benzene rings is 2. The summed E-state index contributed by atoms with van der Waals surface area (Å²) in [5, 5.41) is 0. The molecule has 2 saturated heterocycles. The molecule has 0 saturated carbocycles. The molecule has 32 heavy (non-hydrogen) atoms. The molecule has 2 aromatic rings. The van der Waals surface area contributed by atoms with Crippen molar-refractivity contribution in [2.45, 2.75) is 51.1 Å². The lowest BCUT2D eigenvalue weighted by atomic mass is 10.0. The van der Waals surface area contributed by atoms with Gasteiger partial charge in [0.1, 0.15) is 0 Å². The molecule has 0 N–H and O–H groups in total. The van der Waals surface area contributed by atoms with Gasteiger partial charge in [-0.2, -0.15) is 0 Å². The maximum atomic E-state index is 12.0. The van der Waals surface area contributed by atoms with Crippen LogP contribution in [0.5, 0.6) is 0 Å². The molecule has 2 fully saturated rings. The van der Waals surface area contributed by atoms with Crippen molar-refractivity contribution < 1.29 is 38.1 Å². The second-order valence-electron chi connectivity index (χ2n) is 7.39. The quantitative estimate of drug-likeness (QED) is 0.526. The summed E-state index contributed by atoms with van der Waals surface area (Å²) in [7, 11) is 0. The monoisotopic (exact) mass is 440 g/mol. The van der Waals surface area contributed by atoms with E-state index in [0.717, 1.165) is 11.1 Å². The topological polar surface area (TPSA) is 105 Å². The molecule has 2 aromatic carbocycles. The van der Waals surface area contributed by atoms with Crippen molar-refractivity contribution in [2.75, 3.05) is 0 Å². The zero-order chi connectivity index (χ0) is 23.1. The zero-order valence-corrected chi connectivity index (χ0v) is 17.8. The Hall–Kier alpha value is -3.68. The van der Waals surface area contributed by atoms with Gasteiger partial charge < -0.3 is 18.9 Å². The van der Waals surface area contributed by atoms with E-state index in [-0.39, 0.29) is 0 Å². The minimum atomic E-state index is -0.859. The Morgan fingerprint density at radius 2 is 0.875 bits per heavy atom. The first-order valence-corrected chi connectivity index (χ1v) is 10.2. The summed E-state index contributed by atoms with van der Waals surface area (Å²) in [6, 6.07) is 18.8. The van der Waals surface area contributed by atoms with E-state index in [1.54, 1.807) is 0 Å². The summed E-state index contributed by atoms with van der Waals surface area (Å²) in [5.74, 6) is -1.92. The molecule has 0 radical (unpaired) electrons. The number of esters is 4. The van der Waals surface area contributed by atoms with Gasteiger partial charge in [-0.25, -0.2) is 19.2 Å². The van der Waals surface area contributed by atoms with Gasteiger partial charge in [0.05, 0.1) is 0 Å². The lowest BCUT2D eigenvalue weighted by Gasteiger charge is -2.27. The molecule has 4 unspecified atom stereocenters. The number of cyclic esters (lactones) is 4. The molecule has 2 heterocycles. The number of ether oxygens (including phenoxy) is 4. The molecule has 4 atom stereocenters. The van der Waals surface area contributed by atoms with Gasteiger partial charge >= 0.3 is 23.9 Å². The van der Waals surface area contributed by atoms with Crippen LogP contribution in [0.25, 0.3) is 0 Å². The molecule has 0 bridgehead atoms. The first-order chi connectivity index (χ1) is 15.3. The van der Waals surface area contributed by atoms with Crippen LogP contribution in [0.15, 0.2) is 60.7 Å². The van der Waals surface area contributed by atoms with Gasteiger partial charge in [-0.05, 0) is 25.0 Å². The van der Waals surface area contributed by atoms with Gasteiger partial charge in [0, 0.05) is 12.8 Å². The first-order valence-electron chi connectivity index (χ1n) is 10.2. The average molecular weight is 440 g/mol. The van der Waals surface area contributed by atoms with E-state index in [4.69, 9.17) is 9.47 Å². The zero-order valence-electron chi connectivity index (χ0n) is 17.8. The average Bonchev–Trinajstić information content (AvgIpc) is 2.78. The molecule has 8 nitrogen and oxygen atoms in total. The minimum absolute atomic E-state index is 0.337. The van der Waals surface area contributed by atoms with Crippen molar-refractivity contribution in [1.29, 1.82) is 0 Å². The summed E-state index contributed by atoms with van der Waals surface area (Å²) < 4.78 is 19.7. The van der Waals surface area contributed by atoms with Gasteiger partial charge in [0.15, 0.2) is 12.2 Å². The van der Waals surface area contributed by atoms with Gasteiger partial charge in [0.25, 0.3) is 0 Å². The van der Waals surface area contributed by atoms with E-state index in [0.29, 0.717) is 12.8 Å². The lowest BCUT2D eigenvalue weighted by molar-refractivity contribution is -0.194.